The molecule has 4 rings (SSSR count). The third-order valence-electron chi connectivity index (χ3n) is 4.80. The van der Waals surface area contributed by atoms with Crippen LogP contribution in [-0.4, -0.2) is 41.5 Å². The van der Waals surface area contributed by atoms with E-state index < -0.39 is 29.7 Å². The van der Waals surface area contributed by atoms with Crippen LogP contribution < -0.4 is 10.5 Å². The zero-order chi connectivity index (χ0) is 20.7. The zero-order valence-corrected chi connectivity index (χ0v) is 15.5. The van der Waals surface area contributed by atoms with E-state index in [-0.39, 0.29) is 23.5 Å². The fraction of sp³-hybridized carbons (Fsp3) is 0.200. The van der Waals surface area contributed by atoms with Gasteiger partial charge in [-0.2, -0.15) is 0 Å². The van der Waals surface area contributed by atoms with Crippen LogP contribution in [0, 0.1) is 17.0 Å². The summed E-state index contributed by atoms with van der Waals surface area (Å²) in [5, 5.41) is 8.19. The van der Waals surface area contributed by atoms with Crippen LogP contribution in [0.3, 0.4) is 0 Å². The number of ether oxygens (including phenoxy) is 2. The third-order valence-corrected chi connectivity index (χ3v) is 4.80. The van der Waals surface area contributed by atoms with Crippen LogP contribution in [0.25, 0.3) is 10.9 Å². The molecule has 7 nitrogen and oxygen atoms in total. The maximum Gasteiger partial charge on any atom is 0.409 e. The molecule has 3 aromatic rings. The number of amidine groups is 1. The minimum absolute atomic E-state index is 0.0520. The summed E-state index contributed by atoms with van der Waals surface area (Å²) in [6, 6.07) is 6.76. The fourth-order valence-electron chi connectivity index (χ4n) is 3.41. The maximum absolute atomic E-state index is 14.9. The van der Waals surface area contributed by atoms with Gasteiger partial charge in [0.1, 0.15) is 23.5 Å². The Labute approximate surface area is 164 Å². The summed E-state index contributed by atoms with van der Waals surface area (Å²) in [6.07, 6.45) is 1.01. The van der Waals surface area contributed by atoms with Crippen LogP contribution in [-0.2, 0) is 11.2 Å². The number of H-pyrrole nitrogens is 1. The first-order valence-electron chi connectivity index (χ1n) is 8.85. The highest BCUT2D eigenvalue weighted by Gasteiger charge is 2.30. The molecule has 1 fully saturated rings. The van der Waals surface area contributed by atoms with Gasteiger partial charge in [-0.1, -0.05) is 0 Å². The Kier molecular flexibility index (Phi) is 4.57. The summed E-state index contributed by atoms with van der Waals surface area (Å²) in [4.78, 5) is 16.1. The molecule has 1 aromatic heterocycles. The van der Waals surface area contributed by atoms with E-state index in [1.165, 1.54) is 23.1 Å². The number of nitrogens with two attached hydrogens (primary N) is 1. The van der Waals surface area contributed by atoms with E-state index in [9.17, 15) is 13.6 Å². The van der Waals surface area contributed by atoms with Gasteiger partial charge in [-0.15, -0.1) is 0 Å². The number of likely N-dealkylation sites (N-methyl/N-ethyl adjacent to an activating group) is 1. The average molecular weight is 400 g/mol. The molecule has 0 saturated carbocycles. The monoisotopic (exact) mass is 400 g/mol. The Hall–Kier alpha value is -3.62. The van der Waals surface area contributed by atoms with Crippen molar-refractivity contribution in [2.24, 2.45) is 5.73 Å². The number of carbonyl (C=O) groups excluding carboxylic acids is 1. The number of fused-ring (bicyclic) bond motifs is 1. The van der Waals surface area contributed by atoms with Crippen LogP contribution >= 0.6 is 0 Å². The first kappa shape index (κ1) is 18.7. The van der Waals surface area contributed by atoms with Crippen LogP contribution in [0.4, 0.5) is 13.6 Å². The summed E-state index contributed by atoms with van der Waals surface area (Å²) in [5.74, 6) is -1.68. The van der Waals surface area contributed by atoms with Gasteiger partial charge in [0.05, 0.1) is 12.1 Å². The van der Waals surface area contributed by atoms with Gasteiger partial charge >= 0.3 is 6.09 Å². The van der Waals surface area contributed by atoms with Crippen LogP contribution in [0.2, 0.25) is 0 Å². The van der Waals surface area contributed by atoms with Crippen LogP contribution in [0.5, 0.6) is 11.5 Å². The number of halogens is 2. The van der Waals surface area contributed by atoms with Gasteiger partial charge in [0.15, 0.2) is 11.6 Å². The normalized spacial score (nSPS) is 16.3. The summed E-state index contributed by atoms with van der Waals surface area (Å²) in [7, 11) is 1.62. The molecule has 1 amide bonds. The largest absolute Gasteiger partial charge is 0.454 e. The highest BCUT2D eigenvalue weighted by Crippen LogP contribution is 2.36. The highest BCUT2D eigenvalue weighted by atomic mass is 19.1. The molecule has 4 N–H and O–H groups in total. The van der Waals surface area contributed by atoms with Gasteiger partial charge in [-0.25, -0.2) is 13.6 Å². The quantitative estimate of drug-likeness (QED) is 0.450. The van der Waals surface area contributed by atoms with Crippen molar-refractivity contribution in [1.82, 2.24) is 9.88 Å². The van der Waals surface area contributed by atoms with Crippen LogP contribution in [0.15, 0.2) is 36.5 Å². The SMILES string of the molecule is CN1CC(Cc2c(Oc3ccc(F)c(C(=N)N)c3)c(F)cc3[nH]ccc23)OC1=O. The summed E-state index contributed by atoms with van der Waals surface area (Å²) < 4.78 is 39.8. The Morgan fingerprint density at radius 1 is 1.34 bits per heavy atom. The molecule has 1 aliphatic heterocycles. The van der Waals surface area contributed by atoms with E-state index in [2.05, 4.69) is 4.98 Å². The molecule has 0 bridgehead atoms. The summed E-state index contributed by atoms with van der Waals surface area (Å²) in [6.45, 7) is 0.367. The molecule has 9 heteroatoms. The Balaban J connectivity index is 1.76. The van der Waals surface area contributed by atoms with Crippen molar-refractivity contribution in [1.29, 1.82) is 5.41 Å². The molecule has 1 aliphatic rings. The van der Waals surface area contributed by atoms with E-state index in [0.29, 0.717) is 17.6 Å². The lowest BCUT2D eigenvalue weighted by atomic mass is 10.0. The molecule has 1 atom stereocenters. The number of aromatic amines is 1. The maximum atomic E-state index is 14.9. The molecule has 2 aromatic carbocycles. The van der Waals surface area contributed by atoms with Crippen molar-refractivity contribution >= 4 is 22.8 Å². The molecule has 0 spiro atoms. The van der Waals surface area contributed by atoms with Crippen molar-refractivity contribution in [3.05, 3.63) is 59.3 Å². The second kappa shape index (κ2) is 7.08. The lowest BCUT2D eigenvalue weighted by Gasteiger charge is -2.16. The molecule has 29 heavy (non-hydrogen) atoms. The standard InChI is InChI=1S/C20H18F2N4O3/c1-26-9-11(29-20(26)27)7-13-12-4-5-25-17(12)8-16(22)18(13)28-10-2-3-15(21)14(6-10)19(23)24/h2-6,8,11,25H,7,9H2,1H3,(H3,23,24). The van der Waals surface area contributed by atoms with Gasteiger partial charge in [0.25, 0.3) is 0 Å². The second-order valence-corrected chi connectivity index (χ2v) is 6.85. The molecule has 1 unspecified atom stereocenters. The topological polar surface area (TPSA) is 104 Å². The number of hydrogen-bond donors (Lipinski definition) is 3. The third kappa shape index (κ3) is 3.46. The van der Waals surface area contributed by atoms with Gasteiger partial charge in [-0.3, -0.25) is 5.41 Å². The number of amides is 1. The van der Waals surface area contributed by atoms with E-state index in [1.807, 2.05) is 0 Å². The van der Waals surface area contributed by atoms with Crippen molar-refractivity contribution in [2.45, 2.75) is 12.5 Å². The minimum atomic E-state index is -0.674. The van der Waals surface area contributed by atoms with Gasteiger partial charge in [0.2, 0.25) is 0 Å². The number of hydrogen-bond acceptors (Lipinski definition) is 4. The number of nitrogens with zero attached hydrogens (tertiary/aromatic N) is 1. The zero-order valence-electron chi connectivity index (χ0n) is 15.5. The van der Waals surface area contributed by atoms with Crippen molar-refractivity contribution in [2.75, 3.05) is 13.6 Å². The molecule has 2 heterocycles. The lowest BCUT2D eigenvalue weighted by molar-refractivity contribution is 0.134. The second-order valence-electron chi connectivity index (χ2n) is 6.85. The van der Waals surface area contributed by atoms with E-state index >= 15 is 0 Å². The van der Waals surface area contributed by atoms with Crippen molar-refractivity contribution in [3.8, 4) is 11.5 Å². The average Bonchev–Trinajstić information content (AvgIpc) is 3.25. The van der Waals surface area contributed by atoms with Crippen molar-refractivity contribution < 1.29 is 23.0 Å². The van der Waals surface area contributed by atoms with Gasteiger partial charge < -0.3 is 25.1 Å². The summed E-state index contributed by atoms with van der Waals surface area (Å²) in [5.41, 5.74) is 6.34. The smallest absolute Gasteiger partial charge is 0.409 e. The molecule has 0 aliphatic carbocycles. The number of carbonyl (C=O) groups is 1. The predicted molar refractivity (Wildman–Crippen MR) is 102 cm³/mol. The van der Waals surface area contributed by atoms with Crippen LogP contribution in [0.1, 0.15) is 11.1 Å². The summed E-state index contributed by atoms with van der Waals surface area (Å²) >= 11 is 0. The first-order valence-corrected chi connectivity index (χ1v) is 8.85. The number of cyclic esters (lactones) is 1. The van der Waals surface area contributed by atoms with E-state index in [1.54, 1.807) is 19.3 Å². The Morgan fingerprint density at radius 2 is 2.14 bits per heavy atom. The Morgan fingerprint density at radius 3 is 2.83 bits per heavy atom. The number of nitrogen functional groups attached to an aromatic ring is 1. The number of aromatic nitrogens is 1. The number of benzene rings is 2. The van der Waals surface area contributed by atoms with Crippen molar-refractivity contribution in [3.63, 3.8) is 0 Å². The van der Waals surface area contributed by atoms with Gasteiger partial charge in [0, 0.05) is 42.2 Å². The predicted octanol–water partition coefficient (Wildman–Crippen LogP) is 3.52. The number of nitrogens with one attached hydrogen (secondary N) is 2. The number of rotatable bonds is 5. The first-order chi connectivity index (χ1) is 13.8. The van der Waals surface area contributed by atoms with E-state index in [4.69, 9.17) is 20.6 Å². The Bertz CT molecular complexity index is 1130. The lowest BCUT2D eigenvalue weighted by Crippen LogP contribution is -2.20. The van der Waals surface area contributed by atoms with E-state index in [0.717, 1.165) is 11.5 Å². The van der Waals surface area contributed by atoms with Gasteiger partial charge in [-0.05, 0) is 24.3 Å². The fourth-order valence-corrected chi connectivity index (χ4v) is 3.41. The molecular formula is C20H18F2N4O3. The molecule has 150 valence electrons. The highest BCUT2D eigenvalue weighted by molar-refractivity contribution is 5.95. The molecule has 0 radical (unpaired) electrons. The molecular weight excluding hydrogens is 382 g/mol. The molecule has 1 saturated heterocycles. The minimum Gasteiger partial charge on any atom is -0.454 e.